The first-order chi connectivity index (χ1) is 11.8. The number of hydrogen-bond donors (Lipinski definition) is 1. The molecule has 0 aromatic heterocycles. The number of likely N-dealkylation sites (N-methyl/N-ethyl adjacent to an activating group) is 1. The van der Waals surface area contributed by atoms with Crippen molar-refractivity contribution in [3.8, 4) is 11.8 Å². The number of carbonyl (C=O) groups excluding carboxylic acids is 1. The molecule has 2 rings (SSSR count). The van der Waals surface area contributed by atoms with Crippen molar-refractivity contribution in [2.24, 2.45) is 9.98 Å². The van der Waals surface area contributed by atoms with Crippen LogP contribution in [0.15, 0.2) is 58.3 Å². The molecule has 6 heteroatoms. The maximum absolute atomic E-state index is 12.0. The SMILES string of the molecule is C=NC(=C)C(=NC(=C)Cl)c1cccc(C#CC2(O)CCN(C)C2=O)c1. The number of aliphatic hydroxyl groups is 1. The van der Waals surface area contributed by atoms with Gasteiger partial charge in [0, 0.05) is 31.1 Å². The van der Waals surface area contributed by atoms with E-state index in [4.69, 9.17) is 11.6 Å². The minimum atomic E-state index is -1.64. The lowest BCUT2D eigenvalue weighted by Crippen LogP contribution is -2.37. The molecule has 1 amide bonds. The van der Waals surface area contributed by atoms with E-state index in [0.717, 1.165) is 0 Å². The predicted molar refractivity (Wildman–Crippen MR) is 101 cm³/mol. The highest BCUT2D eigenvalue weighted by Gasteiger charge is 2.42. The van der Waals surface area contributed by atoms with Crippen molar-refractivity contribution in [2.45, 2.75) is 12.0 Å². The van der Waals surface area contributed by atoms with Gasteiger partial charge in [0.15, 0.2) is 0 Å². The summed E-state index contributed by atoms with van der Waals surface area (Å²) in [4.78, 5) is 21.3. The summed E-state index contributed by atoms with van der Waals surface area (Å²) in [6, 6.07) is 7.08. The summed E-state index contributed by atoms with van der Waals surface area (Å²) in [6.45, 7) is 11.2. The largest absolute Gasteiger partial charge is 0.369 e. The van der Waals surface area contributed by atoms with E-state index < -0.39 is 5.60 Å². The molecule has 0 bridgehead atoms. The van der Waals surface area contributed by atoms with Crippen molar-refractivity contribution in [3.63, 3.8) is 0 Å². The average Bonchev–Trinajstić information content (AvgIpc) is 2.85. The molecular weight excluding hydrogens is 338 g/mol. The van der Waals surface area contributed by atoms with Gasteiger partial charge < -0.3 is 10.0 Å². The summed E-state index contributed by atoms with van der Waals surface area (Å²) in [7, 11) is 1.64. The van der Waals surface area contributed by atoms with Crippen molar-refractivity contribution >= 4 is 29.9 Å². The first-order valence-corrected chi connectivity index (χ1v) is 7.85. The van der Waals surface area contributed by atoms with Crippen LogP contribution in [0.1, 0.15) is 17.5 Å². The zero-order valence-electron chi connectivity index (χ0n) is 13.9. The molecule has 1 aliphatic heterocycles. The Hall–Kier alpha value is -2.68. The highest BCUT2D eigenvalue weighted by Crippen LogP contribution is 2.21. The van der Waals surface area contributed by atoms with Gasteiger partial charge in [-0.15, -0.1) is 0 Å². The third-order valence-electron chi connectivity index (χ3n) is 3.76. The fourth-order valence-corrected chi connectivity index (χ4v) is 2.47. The van der Waals surface area contributed by atoms with Crippen LogP contribution in [0.25, 0.3) is 0 Å². The number of benzene rings is 1. The van der Waals surface area contributed by atoms with E-state index >= 15 is 0 Å². The normalized spacial score (nSPS) is 20.0. The molecule has 1 fully saturated rings. The second-order valence-corrected chi connectivity index (χ2v) is 6.05. The number of amides is 1. The third-order valence-corrected chi connectivity index (χ3v) is 3.84. The van der Waals surface area contributed by atoms with Crippen LogP contribution in [0, 0.1) is 11.8 Å². The quantitative estimate of drug-likeness (QED) is 0.512. The Bertz CT molecular complexity index is 848. The molecule has 25 heavy (non-hydrogen) atoms. The zero-order chi connectivity index (χ0) is 18.6. The van der Waals surface area contributed by atoms with E-state index in [1.54, 1.807) is 31.3 Å². The number of rotatable bonds is 4. The Balaban J connectivity index is 2.39. The van der Waals surface area contributed by atoms with Crippen LogP contribution < -0.4 is 0 Å². The van der Waals surface area contributed by atoms with E-state index in [1.165, 1.54) is 4.90 Å². The van der Waals surface area contributed by atoms with Crippen LogP contribution in [-0.2, 0) is 4.79 Å². The zero-order valence-corrected chi connectivity index (χ0v) is 14.7. The average molecular weight is 356 g/mol. The Morgan fingerprint density at radius 2 is 2.16 bits per heavy atom. The Morgan fingerprint density at radius 3 is 2.72 bits per heavy atom. The van der Waals surface area contributed by atoms with Crippen LogP contribution in [-0.4, -0.2) is 47.5 Å². The van der Waals surface area contributed by atoms with Crippen LogP contribution in [0.5, 0.6) is 0 Å². The highest BCUT2D eigenvalue weighted by molar-refractivity contribution is 6.30. The van der Waals surface area contributed by atoms with E-state index in [9.17, 15) is 9.90 Å². The molecule has 1 unspecified atom stereocenters. The number of hydrogen-bond acceptors (Lipinski definition) is 4. The molecule has 0 aliphatic carbocycles. The predicted octanol–water partition coefficient (Wildman–Crippen LogP) is 2.34. The standard InChI is InChI=1S/C19H18ClN3O2/c1-13(21-3)17(22-14(2)20)16-7-5-6-15(12-16)8-9-19(25)10-11-23(4)18(19)24/h5-7,12,25H,1-3,10-11H2,4H3. The highest BCUT2D eigenvalue weighted by atomic mass is 35.5. The van der Waals surface area contributed by atoms with Gasteiger partial charge in [-0.1, -0.05) is 48.7 Å². The van der Waals surface area contributed by atoms with Crippen LogP contribution in [0.3, 0.4) is 0 Å². The fourth-order valence-electron chi connectivity index (χ4n) is 2.38. The Kier molecular flexibility index (Phi) is 5.58. The summed E-state index contributed by atoms with van der Waals surface area (Å²) in [6.07, 6.45) is 0.283. The first kappa shape index (κ1) is 18.7. The molecule has 1 N–H and O–H groups in total. The van der Waals surface area contributed by atoms with Gasteiger partial charge in [-0.05, 0) is 18.9 Å². The molecule has 128 valence electrons. The first-order valence-electron chi connectivity index (χ1n) is 7.47. The number of nitrogens with zero attached hydrogens (tertiary/aromatic N) is 3. The number of aliphatic imine (C=N–C) groups is 2. The van der Waals surface area contributed by atoms with Crippen molar-refractivity contribution in [1.82, 2.24) is 4.90 Å². The van der Waals surface area contributed by atoms with Gasteiger partial charge in [0.2, 0.25) is 5.60 Å². The topological polar surface area (TPSA) is 65.3 Å². The van der Waals surface area contributed by atoms with Gasteiger partial charge in [0.1, 0.15) is 5.16 Å². The smallest absolute Gasteiger partial charge is 0.267 e. The lowest BCUT2D eigenvalue weighted by atomic mass is 10.0. The minimum absolute atomic E-state index is 0.0881. The second-order valence-electron chi connectivity index (χ2n) is 5.61. The lowest BCUT2D eigenvalue weighted by molar-refractivity contribution is -0.137. The summed E-state index contributed by atoms with van der Waals surface area (Å²) in [5, 5.41) is 10.4. The Labute approximate surface area is 152 Å². The Morgan fingerprint density at radius 1 is 1.44 bits per heavy atom. The van der Waals surface area contributed by atoms with E-state index in [1.807, 2.05) is 0 Å². The maximum atomic E-state index is 12.0. The molecule has 1 aliphatic rings. The van der Waals surface area contributed by atoms with Gasteiger partial charge in [-0.2, -0.15) is 0 Å². The van der Waals surface area contributed by atoms with Crippen LogP contribution >= 0.6 is 11.6 Å². The molecular formula is C19H18ClN3O2. The van der Waals surface area contributed by atoms with Crippen molar-refractivity contribution in [3.05, 3.63) is 59.4 Å². The molecule has 1 heterocycles. The molecule has 5 nitrogen and oxygen atoms in total. The van der Waals surface area contributed by atoms with Gasteiger partial charge in [0.05, 0.1) is 11.4 Å². The van der Waals surface area contributed by atoms with Crippen LogP contribution in [0.2, 0.25) is 0 Å². The summed E-state index contributed by atoms with van der Waals surface area (Å²) in [5.41, 5.74) is 0.413. The molecule has 0 saturated carbocycles. The van der Waals surface area contributed by atoms with Gasteiger partial charge in [0.25, 0.3) is 5.91 Å². The number of allylic oxidation sites excluding steroid dienone is 1. The number of halogens is 1. The van der Waals surface area contributed by atoms with E-state index in [0.29, 0.717) is 29.1 Å². The molecule has 1 aromatic rings. The van der Waals surface area contributed by atoms with E-state index in [-0.39, 0.29) is 17.5 Å². The maximum Gasteiger partial charge on any atom is 0.267 e. The number of likely N-dealkylation sites (tertiary alicyclic amines) is 1. The van der Waals surface area contributed by atoms with Crippen molar-refractivity contribution < 1.29 is 9.90 Å². The molecule has 0 radical (unpaired) electrons. The molecule has 0 spiro atoms. The fraction of sp³-hybridized carbons (Fsp3) is 0.211. The number of carbonyl (C=O) groups is 1. The second kappa shape index (κ2) is 7.47. The lowest BCUT2D eigenvalue weighted by Gasteiger charge is -2.13. The summed E-state index contributed by atoms with van der Waals surface area (Å²) in [5.74, 6) is 5.14. The van der Waals surface area contributed by atoms with Crippen molar-refractivity contribution in [2.75, 3.05) is 13.6 Å². The molecule has 1 saturated heterocycles. The summed E-state index contributed by atoms with van der Waals surface area (Å²) >= 11 is 5.77. The molecule has 1 atom stereocenters. The van der Waals surface area contributed by atoms with Gasteiger partial charge in [-0.3, -0.25) is 9.79 Å². The minimum Gasteiger partial charge on any atom is -0.369 e. The monoisotopic (exact) mass is 355 g/mol. The third kappa shape index (κ3) is 4.24. The van der Waals surface area contributed by atoms with Gasteiger partial charge >= 0.3 is 0 Å². The van der Waals surface area contributed by atoms with Crippen molar-refractivity contribution in [1.29, 1.82) is 0 Å². The summed E-state index contributed by atoms with van der Waals surface area (Å²) < 4.78 is 0. The molecule has 1 aromatic carbocycles. The van der Waals surface area contributed by atoms with Gasteiger partial charge in [-0.25, -0.2) is 4.99 Å². The van der Waals surface area contributed by atoms with E-state index in [2.05, 4.69) is 41.7 Å². The van der Waals surface area contributed by atoms with Crippen LogP contribution in [0.4, 0.5) is 0 Å².